The zero-order valence-corrected chi connectivity index (χ0v) is 15.0. The van der Waals surface area contributed by atoms with Crippen molar-refractivity contribution >= 4 is 13.8 Å². The molecule has 0 bridgehead atoms. The third kappa shape index (κ3) is 18.2. The number of aryl methyl sites for hydroxylation is 2. The summed E-state index contributed by atoms with van der Waals surface area (Å²) in [5, 5.41) is 7.91. The lowest BCUT2D eigenvalue weighted by molar-refractivity contribution is -0.137. The topological polar surface area (TPSA) is 115 Å². The summed E-state index contributed by atoms with van der Waals surface area (Å²) < 4.78 is 8.88. The highest BCUT2D eigenvalue weighted by Gasteiger charge is 2.00. The lowest BCUT2D eigenvalue weighted by Gasteiger charge is -2.01. The van der Waals surface area contributed by atoms with Crippen molar-refractivity contribution in [2.24, 2.45) is 0 Å². The van der Waals surface area contributed by atoms with Crippen LogP contribution in [-0.4, -0.2) is 25.8 Å². The minimum absolute atomic E-state index is 0.292. The predicted octanol–water partition coefficient (Wildman–Crippen LogP) is 3.41. The summed E-state index contributed by atoms with van der Waals surface area (Å²) in [4.78, 5) is 31.2. The second-order valence-corrected chi connectivity index (χ2v) is 6.15. The van der Waals surface area contributed by atoms with Gasteiger partial charge in [-0.05, 0) is 30.4 Å². The third-order valence-corrected chi connectivity index (χ3v) is 2.85. The van der Waals surface area contributed by atoms with Crippen LogP contribution in [0.4, 0.5) is 0 Å². The smallest absolute Gasteiger partial charge is 0.466 e. The molecule has 0 aromatic heterocycles. The van der Waals surface area contributed by atoms with E-state index in [0.29, 0.717) is 6.42 Å². The van der Waals surface area contributed by atoms with Crippen LogP contribution in [0.15, 0.2) is 60.7 Å². The fourth-order valence-electron chi connectivity index (χ4n) is 1.79. The molecule has 0 saturated heterocycles. The molecule has 138 valence electrons. The SMILES string of the molecule is CCCC(=O)O.O=P(O)(O)O.c1ccc(CCc2ccccc2)cc1. The van der Waals surface area contributed by atoms with Crippen molar-refractivity contribution in [2.45, 2.75) is 32.6 Å². The van der Waals surface area contributed by atoms with E-state index < -0.39 is 13.8 Å². The van der Waals surface area contributed by atoms with Crippen LogP contribution < -0.4 is 0 Å². The van der Waals surface area contributed by atoms with Gasteiger partial charge in [-0.1, -0.05) is 67.6 Å². The minimum Gasteiger partial charge on any atom is -0.481 e. The van der Waals surface area contributed by atoms with E-state index in [-0.39, 0.29) is 0 Å². The van der Waals surface area contributed by atoms with Gasteiger partial charge in [0.2, 0.25) is 0 Å². The van der Waals surface area contributed by atoms with Crippen molar-refractivity contribution in [2.75, 3.05) is 0 Å². The maximum absolute atomic E-state index is 9.60. The summed E-state index contributed by atoms with van der Waals surface area (Å²) in [6.07, 6.45) is 3.28. The Morgan fingerprint density at radius 1 is 0.840 bits per heavy atom. The zero-order valence-electron chi connectivity index (χ0n) is 14.2. The van der Waals surface area contributed by atoms with Crippen LogP contribution in [0.25, 0.3) is 0 Å². The molecule has 4 N–H and O–H groups in total. The largest absolute Gasteiger partial charge is 0.481 e. The quantitative estimate of drug-likeness (QED) is 0.601. The molecule has 0 aliphatic rings. The average molecular weight is 368 g/mol. The summed E-state index contributed by atoms with van der Waals surface area (Å²) in [5.74, 6) is -0.711. The van der Waals surface area contributed by atoms with Gasteiger partial charge in [-0.25, -0.2) is 4.57 Å². The number of benzene rings is 2. The van der Waals surface area contributed by atoms with Crippen molar-refractivity contribution in [3.8, 4) is 0 Å². The zero-order chi connectivity index (χ0) is 19.1. The Labute approximate surface area is 148 Å². The Morgan fingerprint density at radius 2 is 1.16 bits per heavy atom. The van der Waals surface area contributed by atoms with Crippen LogP contribution in [0.1, 0.15) is 30.9 Å². The van der Waals surface area contributed by atoms with Crippen LogP contribution >= 0.6 is 7.82 Å². The number of carboxylic acid groups (broad SMARTS) is 1. The first-order valence-electron chi connectivity index (χ1n) is 7.80. The van der Waals surface area contributed by atoms with E-state index in [1.165, 1.54) is 11.1 Å². The molecule has 25 heavy (non-hydrogen) atoms. The second kappa shape index (κ2) is 13.3. The van der Waals surface area contributed by atoms with Crippen LogP contribution in [0, 0.1) is 0 Å². The van der Waals surface area contributed by atoms with Crippen LogP contribution in [-0.2, 0) is 22.2 Å². The van der Waals surface area contributed by atoms with E-state index in [1.807, 2.05) is 6.92 Å². The number of hydrogen-bond donors (Lipinski definition) is 4. The van der Waals surface area contributed by atoms with E-state index in [4.69, 9.17) is 24.4 Å². The first-order valence-corrected chi connectivity index (χ1v) is 9.36. The highest BCUT2D eigenvalue weighted by atomic mass is 31.2. The first-order chi connectivity index (χ1) is 11.7. The van der Waals surface area contributed by atoms with Gasteiger partial charge in [0.05, 0.1) is 0 Å². The second-order valence-electron chi connectivity index (χ2n) is 5.13. The summed E-state index contributed by atoms with van der Waals surface area (Å²) in [7, 11) is -4.64. The van der Waals surface area contributed by atoms with E-state index >= 15 is 0 Å². The Hall–Kier alpha value is -1.98. The molecular formula is C18H25O6P. The fourth-order valence-corrected chi connectivity index (χ4v) is 1.79. The van der Waals surface area contributed by atoms with Crippen molar-refractivity contribution in [3.05, 3.63) is 71.8 Å². The Balaban J connectivity index is 0.000000438. The van der Waals surface area contributed by atoms with Crippen molar-refractivity contribution < 1.29 is 29.1 Å². The maximum Gasteiger partial charge on any atom is 0.466 e. The molecule has 2 aromatic rings. The summed E-state index contributed by atoms with van der Waals surface area (Å²) in [5.41, 5.74) is 2.83. The van der Waals surface area contributed by atoms with Gasteiger partial charge < -0.3 is 19.8 Å². The van der Waals surface area contributed by atoms with Gasteiger partial charge >= 0.3 is 13.8 Å². The van der Waals surface area contributed by atoms with Crippen molar-refractivity contribution in [1.29, 1.82) is 0 Å². The molecule has 0 amide bonds. The van der Waals surface area contributed by atoms with E-state index in [1.54, 1.807) is 0 Å². The number of hydrogen-bond acceptors (Lipinski definition) is 2. The molecule has 0 fully saturated rings. The van der Waals surface area contributed by atoms with Gasteiger partial charge in [-0.15, -0.1) is 0 Å². The van der Waals surface area contributed by atoms with Crippen LogP contribution in [0.5, 0.6) is 0 Å². The normalized spacial score (nSPS) is 9.92. The molecule has 0 radical (unpaired) electrons. The molecule has 0 saturated carbocycles. The van der Waals surface area contributed by atoms with Gasteiger partial charge in [0.25, 0.3) is 0 Å². The van der Waals surface area contributed by atoms with E-state index in [0.717, 1.165) is 19.3 Å². The fraction of sp³-hybridized carbons (Fsp3) is 0.278. The van der Waals surface area contributed by atoms with Crippen LogP contribution in [0.2, 0.25) is 0 Å². The summed E-state index contributed by atoms with van der Waals surface area (Å²) >= 11 is 0. The summed E-state index contributed by atoms with van der Waals surface area (Å²) in [6, 6.07) is 21.2. The molecular weight excluding hydrogens is 343 g/mol. The monoisotopic (exact) mass is 368 g/mol. The minimum atomic E-state index is -4.64. The Morgan fingerprint density at radius 3 is 1.36 bits per heavy atom. The maximum atomic E-state index is 9.60. The molecule has 2 aromatic carbocycles. The number of carbonyl (C=O) groups is 1. The Bertz CT molecular complexity index is 577. The molecule has 0 heterocycles. The molecule has 0 unspecified atom stereocenters. The Kier molecular flexibility index (Phi) is 12.3. The predicted molar refractivity (Wildman–Crippen MR) is 97.1 cm³/mol. The average Bonchev–Trinajstić information content (AvgIpc) is 2.54. The van der Waals surface area contributed by atoms with E-state index in [9.17, 15) is 4.79 Å². The van der Waals surface area contributed by atoms with Gasteiger partial charge in [0, 0.05) is 6.42 Å². The number of aliphatic carboxylic acids is 1. The molecule has 2 rings (SSSR count). The molecule has 7 heteroatoms. The highest BCUT2D eigenvalue weighted by molar-refractivity contribution is 7.45. The van der Waals surface area contributed by atoms with Crippen molar-refractivity contribution in [3.63, 3.8) is 0 Å². The van der Waals surface area contributed by atoms with Crippen molar-refractivity contribution in [1.82, 2.24) is 0 Å². The lowest BCUT2D eigenvalue weighted by atomic mass is 10.0. The molecule has 0 aliphatic carbocycles. The van der Waals surface area contributed by atoms with Gasteiger partial charge in [-0.3, -0.25) is 4.79 Å². The molecule has 0 aliphatic heterocycles. The lowest BCUT2D eigenvalue weighted by Crippen LogP contribution is -1.90. The van der Waals surface area contributed by atoms with Gasteiger partial charge in [0.1, 0.15) is 0 Å². The number of phosphoric acid groups is 1. The van der Waals surface area contributed by atoms with Gasteiger partial charge in [-0.2, -0.15) is 0 Å². The molecule has 6 nitrogen and oxygen atoms in total. The summed E-state index contributed by atoms with van der Waals surface area (Å²) in [6.45, 7) is 1.84. The highest BCUT2D eigenvalue weighted by Crippen LogP contribution is 2.25. The number of carboxylic acids is 1. The molecule has 0 atom stereocenters. The number of rotatable bonds is 5. The third-order valence-electron chi connectivity index (χ3n) is 2.85. The standard InChI is InChI=1S/C14H14.C4H8O2.H3O4P/c1-3-7-13(8-4-1)11-12-14-9-5-2-6-10-14;1-2-3-4(5)6;1-5(2,3)4/h1-10H,11-12H2;2-3H2,1H3,(H,5,6);(H3,1,2,3,4). The van der Waals surface area contributed by atoms with Gasteiger partial charge in [0.15, 0.2) is 0 Å². The first kappa shape index (κ1) is 23.0. The van der Waals surface area contributed by atoms with Crippen LogP contribution in [0.3, 0.4) is 0 Å². The van der Waals surface area contributed by atoms with E-state index in [2.05, 4.69) is 60.7 Å². The molecule has 0 spiro atoms.